The summed E-state index contributed by atoms with van der Waals surface area (Å²) in [6.07, 6.45) is 7.07. The number of nitrogens with one attached hydrogen (secondary N) is 1. The molecule has 0 aliphatic carbocycles. The molecule has 2 aliphatic rings. The van der Waals surface area contributed by atoms with E-state index in [0.29, 0.717) is 12.8 Å². The van der Waals surface area contributed by atoms with Gasteiger partial charge in [0.1, 0.15) is 24.6 Å². The molecule has 2 aliphatic heterocycles. The molecule has 2 atom stereocenters. The Morgan fingerprint density at radius 3 is 1.33 bits per heavy atom. The number of hydroxylamine groups is 1. The zero-order chi connectivity index (χ0) is 46.3. The van der Waals surface area contributed by atoms with Gasteiger partial charge in [0.15, 0.2) is 0 Å². The van der Waals surface area contributed by atoms with Crippen molar-refractivity contribution in [2.45, 2.75) is 85.5 Å². The monoisotopic (exact) mass is 901 g/mol. The molecule has 0 radical (unpaired) electrons. The van der Waals surface area contributed by atoms with E-state index in [1.807, 2.05) is 86.6 Å². The van der Waals surface area contributed by atoms with E-state index in [-0.39, 0.29) is 47.7 Å². The Morgan fingerprint density at radius 2 is 1.00 bits per heavy atom. The molecule has 63 heavy (non-hydrogen) atoms. The number of carboxylic acids is 1. The molecule has 15 nitrogen and oxygen atoms in total. The van der Waals surface area contributed by atoms with Crippen molar-refractivity contribution in [3.8, 4) is 11.5 Å². The third-order valence-corrected chi connectivity index (χ3v) is 12.6. The maximum atomic E-state index is 13.1. The number of carbonyl (C=O) groups is 4. The van der Waals surface area contributed by atoms with E-state index in [1.165, 1.54) is 20.9 Å². The number of fused-ring (bicyclic) bond motifs is 2. The highest BCUT2D eigenvalue weighted by Gasteiger charge is 2.35. The molecule has 6 rings (SSSR count). The van der Waals surface area contributed by atoms with E-state index in [1.54, 1.807) is 43.2 Å². The molecule has 2 heterocycles. The lowest BCUT2D eigenvalue weighted by Gasteiger charge is -2.33. The van der Waals surface area contributed by atoms with Crippen LogP contribution in [0.1, 0.15) is 61.8 Å². The maximum absolute atomic E-state index is 13.1. The van der Waals surface area contributed by atoms with Crippen LogP contribution in [0.2, 0.25) is 0 Å². The number of hydrogen-bond donors (Lipinski definition) is 3. The summed E-state index contributed by atoms with van der Waals surface area (Å²) in [5.74, 6) is -0.140. The molecule has 0 spiro atoms. The summed E-state index contributed by atoms with van der Waals surface area (Å²) in [5.41, 5.74) is 7.70. The molecule has 4 aromatic rings. The average Bonchev–Trinajstić information content (AvgIpc) is 3.29. The van der Waals surface area contributed by atoms with Crippen LogP contribution in [-0.4, -0.2) is 84.1 Å². The zero-order valence-electron chi connectivity index (χ0n) is 35.5. The number of carbonyl (C=O) groups excluding carboxylic acids is 7. The first-order chi connectivity index (χ1) is 30.4. The first-order valence-electron chi connectivity index (χ1n) is 20.0. The van der Waals surface area contributed by atoms with E-state index in [9.17, 15) is 24.3 Å². The Labute approximate surface area is 374 Å². The number of carboxylic acid groups (broad SMARTS) is 1. The van der Waals surface area contributed by atoms with E-state index >= 15 is 0 Å². The summed E-state index contributed by atoms with van der Waals surface area (Å²) in [5, 5.41) is 17.7. The summed E-state index contributed by atoms with van der Waals surface area (Å²) in [7, 11) is 3.29. The van der Waals surface area contributed by atoms with E-state index in [2.05, 4.69) is 12.1 Å². The van der Waals surface area contributed by atoms with Crippen LogP contribution in [0, 0.1) is 0 Å². The number of hydrogen-bond acceptors (Lipinski definition) is 13. The molecular weight excluding hydrogens is 851 g/mol. The molecule has 0 saturated carbocycles. The summed E-state index contributed by atoms with van der Waals surface area (Å²) >= 11 is 3.11. The minimum atomic E-state index is -0.995. The lowest BCUT2D eigenvalue weighted by Crippen LogP contribution is -2.46. The number of aliphatic carboxylic acids is 1. The van der Waals surface area contributed by atoms with Crippen molar-refractivity contribution in [3.63, 3.8) is 0 Å². The predicted octanol–water partition coefficient (Wildman–Crippen LogP) is 6.60. The molecule has 3 amide bonds. The number of nitrogens with zero attached hydrogens (tertiary/aromatic N) is 2. The Balaban J connectivity index is 0.000000298. The van der Waals surface area contributed by atoms with Gasteiger partial charge in [0.05, 0.1) is 36.1 Å². The van der Waals surface area contributed by atoms with Crippen molar-refractivity contribution >= 4 is 70.9 Å². The van der Waals surface area contributed by atoms with Crippen LogP contribution in [0.4, 0.5) is 11.4 Å². The van der Waals surface area contributed by atoms with Crippen molar-refractivity contribution in [1.82, 2.24) is 5.48 Å². The Bertz CT molecular complexity index is 2200. The van der Waals surface area contributed by atoms with Crippen LogP contribution in [0.3, 0.4) is 0 Å². The normalized spacial score (nSPS) is 14.6. The van der Waals surface area contributed by atoms with Gasteiger partial charge in [-0.1, -0.05) is 50.2 Å². The minimum Gasteiger partial charge on any atom is -0.497 e. The number of amides is 3. The number of anilines is 2. The van der Waals surface area contributed by atoms with E-state index in [4.69, 9.17) is 33.9 Å². The van der Waals surface area contributed by atoms with Crippen molar-refractivity contribution in [2.24, 2.45) is 0 Å². The molecule has 0 fully saturated rings. The first-order valence-corrected chi connectivity index (χ1v) is 21.8. The van der Waals surface area contributed by atoms with Crippen LogP contribution in [-0.2, 0) is 64.0 Å². The molecule has 4 aromatic carbocycles. The highest BCUT2D eigenvalue weighted by molar-refractivity contribution is 8.01. The van der Waals surface area contributed by atoms with Crippen molar-refractivity contribution in [1.29, 1.82) is 0 Å². The smallest absolute Gasteiger partial charge is 0.373 e. The number of rotatable bonds is 16. The number of methoxy groups -OCH3 is 2. The largest absolute Gasteiger partial charge is 0.497 e. The number of benzene rings is 4. The topological polar surface area (TPSA) is 214 Å². The fraction of sp³-hybridized carbons (Fsp3) is 0.348. The van der Waals surface area contributed by atoms with E-state index < -0.39 is 11.9 Å². The van der Waals surface area contributed by atoms with Crippen LogP contribution < -0.4 is 24.8 Å². The standard InChI is InChI=1S/C22H26N2O4S.C22H25NO4S.2CO2/c1-3-15-9-12-19-18(13-15)24(14-21(25)23-27)22(26)20(29-19)6-4-5-16-7-10-17(28-2)11-8-16;1-3-15-9-12-19-18(13-15)23(14-21(24)25)22(26)20(28-19)6-4-5-16-7-10-17(27-2)11-8-16;2*2-1-3/h7-13,20,27H,3-6,14H2,1-2H3,(H,23,25);7-13,20H,3-6,14H2,1-2H3,(H,24,25);;/t2*20-;;/m00../s1. The zero-order valence-corrected chi connectivity index (χ0v) is 37.1. The maximum Gasteiger partial charge on any atom is 0.373 e. The third-order valence-electron chi connectivity index (χ3n) is 9.97. The van der Waals surface area contributed by atoms with Gasteiger partial charge in [-0.15, -0.1) is 23.5 Å². The van der Waals surface area contributed by atoms with E-state index in [0.717, 1.165) is 82.3 Å². The fourth-order valence-corrected chi connectivity index (χ4v) is 9.26. The van der Waals surface area contributed by atoms with Gasteiger partial charge < -0.3 is 19.5 Å². The van der Waals surface area contributed by atoms with Gasteiger partial charge in [0.2, 0.25) is 11.8 Å². The number of ether oxygens (including phenoxy) is 2. The minimum absolute atomic E-state index is 0.0888. The SMILES string of the molecule is CCc1ccc2c(c1)N(CC(=O)NO)C(=O)[C@H](CCCc1ccc(OC)cc1)S2.CCc1ccc2c(c1)N(CC(=O)O)C(=O)[C@H](CCCc1ccc(OC)cc1)S2.O=C=O.O=C=O. The second-order valence-corrected chi connectivity index (χ2v) is 16.4. The summed E-state index contributed by atoms with van der Waals surface area (Å²) < 4.78 is 10.4. The van der Waals surface area contributed by atoms with Gasteiger partial charge in [0.25, 0.3) is 5.91 Å². The number of thioether (sulfide) groups is 2. The summed E-state index contributed by atoms with van der Waals surface area (Å²) in [6.45, 7) is 3.61. The highest BCUT2D eigenvalue weighted by atomic mass is 32.2. The van der Waals surface area contributed by atoms with Gasteiger partial charge in [-0.05, 0) is 122 Å². The summed E-state index contributed by atoms with van der Waals surface area (Å²) in [4.78, 5) is 86.6. The van der Waals surface area contributed by atoms with Crippen molar-refractivity contribution in [3.05, 3.63) is 107 Å². The second kappa shape index (κ2) is 27.0. The molecule has 0 aromatic heterocycles. The molecule has 17 heteroatoms. The van der Waals surface area contributed by atoms with Gasteiger partial charge in [-0.3, -0.25) is 29.3 Å². The Hall–Kier alpha value is -6.22. The molecular formula is C46H51N3O12S2. The third kappa shape index (κ3) is 15.6. The van der Waals surface area contributed by atoms with Gasteiger partial charge in [-0.25, -0.2) is 5.48 Å². The number of aryl methyl sites for hydroxylation is 4. The van der Waals surface area contributed by atoms with Crippen LogP contribution in [0.15, 0.2) is 94.7 Å². The molecule has 0 saturated heterocycles. The van der Waals surface area contributed by atoms with Gasteiger partial charge >= 0.3 is 18.3 Å². The molecule has 0 bridgehead atoms. The van der Waals surface area contributed by atoms with Gasteiger partial charge in [0, 0.05) is 9.79 Å². The molecule has 0 unspecified atom stereocenters. The fourth-order valence-electron chi connectivity index (χ4n) is 6.75. The Kier molecular flexibility index (Phi) is 21.9. The predicted molar refractivity (Wildman–Crippen MR) is 235 cm³/mol. The quantitative estimate of drug-likeness (QED) is 0.0799. The highest BCUT2D eigenvalue weighted by Crippen LogP contribution is 2.43. The van der Waals surface area contributed by atoms with Crippen LogP contribution in [0.25, 0.3) is 0 Å². The summed E-state index contributed by atoms with van der Waals surface area (Å²) in [6, 6.07) is 27.9. The second-order valence-electron chi connectivity index (χ2n) is 13.9. The molecule has 334 valence electrons. The lowest BCUT2D eigenvalue weighted by atomic mass is 10.1. The van der Waals surface area contributed by atoms with Crippen molar-refractivity contribution in [2.75, 3.05) is 37.1 Å². The van der Waals surface area contributed by atoms with Crippen LogP contribution >= 0.6 is 23.5 Å². The van der Waals surface area contributed by atoms with Crippen LogP contribution in [0.5, 0.6) is 11.5 Å². The Morgan fingerprint density at radius 1 is 0.635 bits per heavy atom. The van der Waals surface area contributed by atoms with Gasteiger partial charge in [-0.2, -0.15) is 19.2 Å². The first kappa shape index (κ1) is 51.1. The molecule has 3 N–H and O–H groups in total. The van der Waals surface area contributed by atoms with Crippen molar-refractivity contribution < 1.29 is 58.1 Å². The lowest BCUT2D eigenvalue weighted by molar-refractivity contribution is -0.193. The average molecular weight is 902 g/mol.